The van der Waals surface area contributed by atoms with Crippen molar-refractivity contribution < 1.29 is 5.11 Å². The van der Waals surface area contributed by atoms with Crippen molar-refractivity contribution in [1.82, 2.24) is 9.97 Å². The summed E-state index contributed by atoms with van der Waals surface area (Å²) in [5.74, 6) is 1.58. The van der Waals surface area contributed by atoms with E-state index in [0.717, 1.165) is 23.5 Å². The van der Waals surface area contributed by atoms with Crippen molar-refractivity contribution in [2.24, 2.45) is 5.73 Å². The van der Waals surface area contributed by atoms with E-state index < -0.39 is 0 Å². The van der Waals surface area contributed by atoms with E-state index in [9.17, 15) is 5.11 Å². The molecule has 24 heavy (non-hydrogen) atoms. The second-order valence-electron chi connectivity index (χ2n) is 6.26. The average Bonchev–Trinajstić information content (AvgIpc) is 2.53. The number of aromatic nitrogens is 2. The van der Waals surface area contributed by atoms with E-state index >= 15 is 0 Å². The molecule has 0 saturated carbocycles. The summed E-state index contributed by atoms with van der Waals surface area (Å²) in [6.07, 6.45) is 0.885. The number of rotatable bonds is 6. The molecule has 1 heterocycles. The Morgan fingerprint density at radius 1 is 1.29 bits per heavy atom. The molecule has 0 fully saturated rings. The summed E-state index contributed by atoms with van der Waals surface area (Å²) < 4.78 is 0. The molecular formula is C18H25ClN4O. The van der Waals surface area contributed by atoms with Crippen LogP contribution < -0.4 is 11.1 Å². The van der Waals surface area contributed by atoms with Gasteiger partial charge < -0.3 is 16.2 Å². The van der Waals surface area contributed by atoms with Crippen molar-refractivity contribution in [3.63, 3.8) is 0 Å². The van der Waals surface area contributed by atoms with E-state index in [1.807, 2.05) is 6.92 Å². The summed E-state index contributed by atoms with van der Waals surface area (Å²) in [7, 11) is 0. The summed E-state index contributed by atoms with van der Waals surface area (Å²) in [6.45, 7) is 8.84. The highest BCUT2D eigenvalue weighted by Gasteiger charge is 2.18. The Morgan fingerprint density at radius 2 is 2.00 bits per heavy atom. The zero-order valence-corrected chi connectivity index (χ0v) is 15.4. The Morgan fingerprint density at radius 3 is 2.62 bits per heavy atom. The van der Waals surface area contributed by atoms with Gasteiger partial charge in [-0.1, -0.05) is 32.4 Å². The van der Waals surface area contributed by atoms with Crippen molar-refractivity contribution in [2.75, 3.05) is 11.9 Å². The minimum absolute atomic E-state index is 0.0586. The summed E-state index contributed by atoms with van der Waals surface area (Å²) in [5, 5.41) is 14.0. The van der Waals surface area contributed by atoms with Gasteiger partial charge in [0.15, 0.2) is 5.82 Å². The molecule has 2 rings (SSSR count). The number of hydrogen-bond donors (Lipinski definition) is 3. The van der Waals surface area contributed by atoms with Gasteiger partial charge in [-0.3, -0.25) is 0 Å². The topological polar surface area (TPSA) is 84.1 Å². The van der Waals surface area contributed by atoms with Gasteiger partial charge in [0.05, 0.1) is 5.56 Å². The molecule has 0 aliphatic carbocycles. The Bertz CT molecular complexity index is 718. The van der Waals surface area contributed by atoms with E-state index in [4.69, 9.17) is 17.3 Å². The molecule has 0 bridgehead atoms. The van der Waals surface area contributed by atoms with E-state index in [0.29, 0.717) is 23.0 Å². The number of nitrogens with one attached hydrogen (secondary N) is 1. The highest BCUT2D eigenvalue weighted by atomic mass is 35.5. The zero-order chi connectivity index (χ0) is 17.9. The van der Waals surface area contributed by atoms with Crippen molar-refractivity contribution >= 4 is 17.4 Å². The second-order valence-corrected chi connectivity index (χ2v) is 6.70. The van der Waals surface area contributed by atoms with E-state index in [2.05, 4.69) is 36.1 Å². The van der Waals surface area contributed by atoms with Crippen LogP contribution in [0.3, 0.4) is 0 Å². The van der Waals surface area contributed by atoms with Crippen LogP contribution in [-0.4, -0.2) is 27.7 Å². The molecule has 5 nitrogen and oxygen atoms in total. The fourth-order valence-electron chi connectivity index (χ4n) is 2.59. The molecule has 0 amide bonds. The smallest absolute Gasteiger partial charge is 0.165 e. The van der Waals surface area contributed by atoms with Crippen molar-refractivity contribution in [3.8, 4) is 17.1 Å². The molecule has 0 spiro atoms. The predicted octanol–water partition coefficient (Wildman–Crippen LogP) is 4.08. The normalized spacial score (nSPS) is 12.5. The number of hydrogen-bond acceptors (Lipinski definition) is 5. The number of benzene rings is 1. The Balaban J connectivity index is 2.51. The average molecular weight is 349 g/mol. The van der Waals surface area contributed by atoms with Gasteiger partial charge in [0.1, 0.15) is 11.6 Å². The maximum Gasteiger partial charge on any atom is 0.165 e. The summed E-state index contributed by atoms with van der Waals surface area (Å²) in [4.78, 5) is 9.21. The number of aryl methyl sites for hydroxylation is 1. The van der Waals surface area contributed by atoms with Gasteiger partial charge in [-0.2, -0.15) is 0 Å². The first-order valence-electron chi connectivity index (χ1n) is 8.20. The van der Waals surface area contributed by atoms with Crippen LogP contribution in [-0.2, 0) is 0 Å². The number of phenols is 1. The van der Waals surface area contributed by atoms with Crippen molar-refractivity contribution in [1.29, 1.82) is 0 Å². The number of anilines is 1. The van der Waals surface area contributed by atoms with Gasteiger partial charge in [-0.15, -0.1) is 0 Å². The molecule has 0 radical (unpaired) electrons. The standard InChI is InChI=1S/C18H25ClN4O/c1-5-13(20)9-21-18-16(10(2)3)11(4)22-17(23-18)14-8-12(19)6-7-15(14)24/h6-8,10,13,24H,5,9,20H2,1-4H3,(H,21,22,23). The third-order valence-electron chi connectivity index (χ3n) is 3.97. The van der Waals surface area contributed by atoms with Gasteiger partial charge in [-0.05, 0) is 37.5 Å². The lowest BCUT2D eigenvalue weighted by Crippen LogP contribution is -2.29. The van der Waals surface area contributed by atoms with Crippen LogP contribution in [0.4, 0.5) is 5.82 Å². The highest BCUT2D eigenvalue weighted by Crippen LogP contribution is 2.33. The largest absolute Gasteiger partial charge is 0.507 e. The molecule has 130 valence electrons. The number of aromatic hydroxyl groups is 1. The quantitative estimate of drug-likeness (QED) is 0.732. The number of phenolic OH excluding ortho intramolecular Hbond substituents is 1. The molecule has 0 aliphatic rings. The molecule has 6 heteroatoms. The van der Waals surface area contributed by atoms with E-state index in [1.54, 1.807) is 18.2 Å². The first kappa shape index (κ1) is 18.5. The highest BCUT2D eigenvalue weighted by molar-refractivity contribution is 6.30. The lowest BCUT2D eigenvalue weighted by atomic mass is 10.0. The minimum Gasteiger partial charge on any atom is -0.507 e. The lowest BCUT2D eigenvalue weighted by molar-refractivity contribution is 0.477. The van der Waals surface area contributed by atoms with Crippen LogP contribution in [0.2, 0.25) is 5.02 Å². The van der Waals surface area contributed by atoms with Gasteiger partial charge in [-0.25, -0.2) is 9.97 Å². The summed E-state index contributed by atoms with van der Waals surface area (Å²) in [6, 6.07) is 4.91. The maximum absolute atomic E-state index is 10.1. The number of nitrogens with two attached hydrogens (primary N) is 1. The van der Waals surface area contributed by atoms with Crippen molar-refractivity contribution in [3.05, 3.63) is 34.5 Å². The molecule has 1 atom stereocenters. The number of halogens is 1. The van der Waals surface area contributed by atoms with E-state index in [1.165, 1.54) is 0 Å². The Kier molecular flexibility index (Phi) is 6.02. The van der Waals surface area contributed by atoms with E-state index in [-0.39, 0.29) is 17.7 Å². The summed E-state index contributed by atoms with van der Waals surface area (Å²) >= 11 is 6.05. The first-order valence-corrected chi connectivity index (χ1v) is 8.58. The van der Waals surface area contributed by atoms with Crippen LogP contribution in [0.15, 0.2) is 18.2 Å². The third kappa shape index (κ3) is 4.16. The van der Waals surface area contributed by atoms with Crippen LogP contribution in [0.1, 0.15) is 44.4 Å². The van der Waals surface area contributed by atoms with Crippen molar-refractivity contribution in [2.45, 2.75) is 46.1 Å². The van der Waals surface area contributed by atoms with Crippen LogP contribution in [0, 0.1) is 6.92 Å². The molecule has 4 N–H and O–H groups in total. The molecule has 0 aliphatic heterocycles. The second kappa shape index (κ2) is 7.81. The minimum atomic E-state index is 0.0586. The monoisotopic (exact) mass is 348 g/mol. The Hall–Kier alpha value is -1.85. The number of nitrogens with zero attached hydrogens (tertiary/aromatic N) is 2. The molecule has 1 unspecified atom stereocenters. The fraction of sp³-hybridized carbons (Fsp3) is 0.444. The SMILES string of the molecule is CCC(N)CNc1nc(-c2cc(Cl)ccc2O)nc(C)c1C(C)C. The van der Waals surface area contributed by atoms with Crippen LogP contribution >= 0.6 is 11.6 Å². The predicted molar refractivity (Wildman–Crippen MR) is 99.7 cm³/mol. The van der Waals surface area contributed by atoms with Gasteiger partial charge in [0.2, 0.25) is 0 Å². The molecule has 0 saturated heterocycles. The molecule has 1 aromatic carbocycles. The Labute approximate surface area is 148 Å². The molecule has 2 aromatic rings. The third-order valence-corrected chi connectivity index (χ3v) is 4.20. The lowest BCUT2D eigenvalue weighted by Gasteiger charge is -2.19. The van der Waals surface area contributed by atoms with Gasteiger partial charge in [0.25, 0.3) is 0 Å². The van der Waals surface area contributed by atoms with Gasteiger partial charge in [0, 0.05) is 28.9 Å². The van der Waals surface area contributed by atoms with Gasteiger partial charge >= 0.3 is 0 Å². The first-order chi connectivity index (χ1) is 11.3. The molecular weight excluding hydrogens is 324 g/mol. The van der Waals surface area contributed by atoms with Crippen LogP contribution in [0.25, 0.3) is 11.4 Å². The maximum atomic E-state index is 10.1. The zero-order valence-electron chi connectivity index (χ0n) is 14.6. The fourth-order valence-corrected chi connectivity index (χ4v) is 2.76. The summed E-state index contributed by atoms with van der Waals surface area (Å²) in [5.41, 5.74) is 8.47. The van der Waals surface area contributed by atoms with Crippen LogP contribution in [0.5, 0.6) is 5.75 Å². The molecule has 1 aromatic heterocycles.